The highest BCUT2D eigenvalue weighted by Gasteiger charge is 2.69. The summed E-state index contributed by atoms with van der Waals surface area (Å²) in [6.45, 7) is 0.585. The SMILES string of the molecule is CN(C)c1cc(CNCc2ccc(O)cc2)c(O)c2c1C[C@H]1C[C@H]3[C@@H](N(C)C)C(=O)C(C(N)=O)C(=O)[C@@]3(O)C(=O)C1C2=O. The number of amides is 1. The van der Waals surface area contributed by atoms with Crippen LogP contribution in [-0.4, -0.2) is 89.1 Å². The number of benzene rings is 2. The monoisotopic (exact) mass is 592 g/mol. The van der Waals surface area contributed by atoms with E-state index in [1.165, 1.54) is 4.90 Å². The van der Waals surface area contributed by atoms with Gasteiger partial charge >= 0.3 is 0 Å². The maximum atomic E-state index is 14.1. The van der Waals surface area contributed by atoms with Crippen LogP contribution in [0.2, 0.25) is 0 Å². The predicted molar refractivity (Wildman–Crippen MR) is 154 cm³/mol. The fraction of sp³-hybridized carbons (Fsp3) is 0.452. The van der Waals surface area contributed by atoms with Crippen LogP contribution in [0.5, 0.6) is 11.5 Å². The first-order valence-corrected chi connectivity index (χ1v) is 14.1. The Kier molecular flexibility index (Phi) is 7.66. The third-order valence-electron chi connectivity index (χ3n) is 9.18. The van der Waals surface area contributed by atoms with Gasteiger partial charge in [-0.2, -0.15) is 0 Å². The van der Waals surface area contributed by atoms with Gasteiger partial charge in [-0.15, -0.1) is 0 Å². The summed E-state index contributed by atoms with van der Waals surface area (Å²) in [5.74, 6) is -10.6. The fourth-order valence-electron chi connectivity index (χ4n) is 7.20. The number of likely N-dealkylation sites (N-methyl/N-ethyl adjacent to an activating group) is 1. The standard InChI is InChI=1S/C31H36N4O8/c1-34(2)20-11-16(13-33-12-14-5-7-17(36)8-6-14)25(37)22-18(20)9-15-10-19-24(35(3)4)27(39)23(30(32)42)29(41)31(19,43)28(40)21(15)26(22)38/h5-8,11,15,19,21,23-24,33,36-37,43H,9-10,12-13H2,1-4H3,(H2,32,42)/t15-,19-,21?,23?,24+,31-/m0/s1. The van der Waals surface area contributed by atoms with Crippen molar-refractivity contribution in [2.45, 2.75) is 37.6 Å². The van der Waals surface area contributed by atoms with E-state index >= 15 is 0 Å². The summed E-state index contributed by atoms with van der Waals surface area (Å²) in [7, 11) is 6.70. The second-order valence-electron chi connectivity index (χ2n) is 12.2. The number of hydrogen-bond acceptors (Lipinski definition) is 11. The van der Waals surface area contributed by atoms with Crippen molar-refractivity contribution in [3.05, 3.63) is 52.6 Å². The Hall–Kier alpha value is -4.13. The molecule has 1 amide bonds. The van der Waals surface area contributed by atoms with Crippen molar-refractivity contribution >= 4 is 34.7 Å². The van der Waals surface area contributed by atoms with Gasteiger partial charge in [-0.25, -0.2) is 0 Å². The zero-order valence-electron chi connectivity index (χ0n) is 24.5. The molecule has 2 aromatic carbocycles. The van der Waals surface area contributed by atoms with Crippen LogP contribution in [0.25, 0.3) is 0 Å². The van der Waals surface area contributed by atoms with Gasteiger partial charge in [-0.3, -0.25) is 28.9 Å². The average Bonchev–Trinajstić information content (AvgIpc) is 2.92. The van der Waals surface area contributed by atoms with Gasteiger partial charge in [-0.1, -0.05) is 12.1 Å². The molecule has 12 nitrogen and oxygen atoms in total. The minimum atomic E-state index is -2.76. The molecule has 0 spiro atoms. The zero-order chi connectivity index (χ0) is 31.5. The Labute approximate surface area is 248 Å². The third-order valence-corrected chi connectivity index (χ3v) is 9.18. The highest BCUT2D eigenvalue weighted by molar-refractivity contribution is 6.32. The van der Waals surface area contributed by atoms with E-state index in [4.69, 9.17) is 5.73 Å². The number of rotatable bonds is 7. The van der Waals surface area contributed by atoms with Crippen LogP contribution in [0.1, 0.15) is 33.5 Å². The molecule has 6 N–H and O–H groups in total. The van der Waals surface area contributed by atoms with Crippen molar-refractivity contribution in [3.8, 4) is 11.5 Å². The molecule has 2 aromatic rings. The molecule has 12 heteroatoms. The van der Waals surface area contributed by atoms with Crippen LogP contribution in [0.4, 0.5) is 5.69 Å². The Balaban J connectivity index is 1.54. The number of aromatic hydroxyl groups is 2. The number of nitrogens with two attached hydrogens (primary N) is 1. The first kappa shape index (κ1) is 30.3. The Morgan fingerprint density at radius 2 is 1.67 bits per heavy atom. The minimum Gasteiger partial charge on any atom is -0.508 e. The number of phenolic OH excluding ortho intramolecular Hbond substituents is 2. The van der Waals surface area contributed by atoms with Crippen LogP contribution >= 0.6 is 0 Å². The first-order valence-electron chi connectivity index (χ1n) is 14.1. The van der Waals surface area contributed by atoms with Crippen molar-refractivity contribution in [2.75, 3.05) is 33.1 Å². The molecule has 0 heterocycles. The molecule has 3 aliphatic carbocycles. The van der Waals surface area contributed by atoms with E-state index in [0.717, 1.165) is 5.56 Å². The molecule has 0 radical (unpaired) electrons. The average molecular weight is 593 g/mol. The number of hydrogen-bond donors (Lipinski definition) is 5. The zero-order valence-corrected chi connectivity index (χ0v) is 24.5. The molecule has 2 saturated carbocycles. The van der Waals surface area contributed by atoms with Crippen LogP contribution in [0.15, 0.2) is 30.3 Å². The number of phenols is 2. The van der Waals surface area contributed by atoms with Gasteiger partial charge in [0.25, 0.3) is 0 Å². The molecule has 0 aromatic heterocycles. The maximum Gasteiger partial charge on any atom is 0.235 e. The van der Waals surface area contributed by atoms with Gasteiger partial charge in [0.1, 0.15) is 11.5 Å². The van der Waals surface area contributed by atoms with E-state index in [9.17, 15) is 39.3 Å². The molecule has 43 heavy (non-hydrogen) atoms. The van der Waals surface area contributed by atoms with Crippen LogP contribution < -0.4 is 16.0 Å². The Morgan fingerprint density at radius 3 is 2.26 bits per heavy atom. The molecule has 228 valence electrons. The van der Waals surface area contributed by atoms with Crippen LogP contribution in [-0.2, 0) is 38.7 Å². The third kappa shape index (κ3) is 4.70. The molecule has 0 saturated heterocycles. The molecule has 5 rings (SSSR count). The number of nitrogens with one attached hydrogen (secondary N) is 1. The molecule has 6 atom stereocenters. The second kappa shape index (κ2) is 10.9. The maximum absolute atomic E-state index is 14.1. The normalized spacial score (nSPS) is 28.4. The van der Waals surface area contributed by atoms with Gasteiger partial charge < -0.3 is 31.3 Å². The lowest BCUT2D eigenvalue weighted by Gasteiger charge is -2.52. The van der Waals surface area contributed by atoms with Gasteiger partial charge in [-0.05, 0) is 62.2 Å². The number of carbonyl (C=O) groups excluding carboxylic acids is 5. The van der Waals surface area contributed by atoms with Gasteiger partial charge in [0.05, 0.1) is 17.5 Å². The number of nitrogens with zero attached hydrogens (tertiary/aromatic N) is 2. The number of fused-ring (bicyclic) bond motifs is 3. The quantitative estimate of drug-likeness (QED) is 0.271. The smallest absolute Gasteiger partial charge is 0.235 e. The Morgan fingerprint density at radius 1 is 1.02 bits per heavy atom. The molecule has 2 fully saturated rings. The van der Waals surface area contributed by atoms with E-state index in [1.807, 2.05) is 4.90 Å². The summed E-state index contributed by atoms with van der Waals surface area (Å²) in [6, 6.07) is 7.25. The lowest BCUT2D eigenvalue weighted by atomic mass is 9.52. The highest BCUT2D eigenvalue weighted by Crippen LogP contribution is 2.52. The van der Waals surface area contributed by atoms with Crippen molar-refractivity contribution in [1.82, 2.24) is 10.2 Å². The number of carbonyl (C=O) groups is 5. The lowest BCUT2D eigenvalue weighted by Crippen LogP contribution is -2.74. The van der Waals surface area contributed by atoms with Crippen molar-refractivity contribution in [3.63, 3.8) is 0 Å². The molecule has 0 aliphatic heterocycles. The van der Waals surface area contributed by atoms with Crippen molar-refractivity contribution < 1.29 is 39.3 Å². The highest BCUT2D eigenvalue weighted by atomic mass is 16.3. The van der Waals surface area contributed by atoms with Gasteiger partial charge in [0.15, 0.2) is 34.7 Å². The summed E-state index contributed by atoms with van der Waals surface area (Å²) in [5, 5.41) is 35.9. The number of Topliss-reactive ketones (excluding diaryl/α,β-unsaturated/α-hetero) is 4. The molecule has 2 unspecified atom stereocenters. The molecule has 3 aliphatic rings. The topological polar surface area (TPSA) is 191 Å². The summed E-state index contributed by atoms with van der Waals surface area (Å²) in [4.78, 5) is 70.3. The number of ketones is 4. The molecular formula is C31H36N4O8. The second-order valence-corrected chi connectivity index (χ2v) is 12.2. The van der Waals surface area contributed by atoms with E-state index in [-0.39, 0.29) is 36.4 Å². The van der Waals surface area contributed by atoms with Crippen molar-refractivity contribution in [2.24, 2.45) is 29.4 Å². The van der Waals surface area contributed by atoms with Gasteiger partial charge in [0.2, 0.25) is 5.91 Å². The first-order chi connectivity index (χ1) is 20.2. The Bertz CT molecular complexity index is 1540. The summed E-state index contributed by atoms with van der Waals surface area (Å²) >= 11 is 0. The summed E-state index contributed by atoms with van der Waals surface area (Å²) < 4.78 is 0. The lowest BCUT2D eigenvalue weighted by molar-refractivity contribution is -0.181. The largest absolute Gasteiger partial charge is 0.508 e. The fourth-order valence-corrected chi connectivity index (χ4v) is 7.20. The number of primary amides is 1. The van der Waals surface area contributed by atoms with Crippen molar-refractivity contribution in [1.29, 1.82) is 0 Å². The van der Waals surface area contributed by atoms with E-state index in [0.29, 0.717) is 23.4 Å². The van der Waals surface area contributed by atoms with E-state index in [2.05, 4.69) is 5.32 Å². The predicted octanol–water partition coefficient (Wildman–Crippen LogP) is -0.0716. The van der Waals surface area contributed by atoms with Crippen LogP contribution in [0.3, 0.4) is 0 Å². The summed E-state index contributed by atoms with van der Waals surface area (Å²) in [5.41, 5.74) is 5.08. The van der Waals surface area contributed by atoms with E-state index in [1.54, 1.807) is 58.5 Å². The van der Waals surface area contributed by atoms with Gasteiger partial charge in [0, 0.05) is 44.4 Å². The summed E-state index contributed by atoms with van der Waals surface area (Å²) in [6.07, 6.45) is 0.182. The molecular weight excluding hydrogens is 556 g/mol. The minimum absolute atomic E-state index is 0.00649. The number of anilines is 1. The molecule has 0 bridgehead atoms. The number of aliphatic hydroxyl groups is 1. The van der Waals surface area contributed by atoms with E-state index < -0.39 is 64.4 Å². The van der Waals surface area contributed by atoms with Crippen LogP contribution in [0, 0.1) is 23.7 Å².